The summed E-state index contributed by atoms with van der Waals surface area (Å²) in [6.45, 7) is 4.71. The van der Waals surface area contributed by atoms with E-state index in [1.165, 1.54) is 25.1 Å². The van der Waals surface area contributed by atoms with Gasteiger partial charge in [0.2, 0.25) is 0 Å². The molecule has 1 aliphatic heterocycles. The van der Waals surface area contributed by atoms with Gasteiger partial charge in [-0.1, -0.05) is 6.07 Å². The first kappa shape index (κ1) is 9.16. The van der Waals surface area contributed by atoms with Crippen molar-refractivity contribution < 1.29 is 0 Å². The van der Waals surface area contributed by atoms with Crippen molar-refractivity contribution in [1.29, 1.82) is 0 Å². The van der Waals surface area contributed by atoms with Gasteiger partial charge in [0.15, 0.2) is 0 Å². The van der Waals surface area contributed by atoms with Gasteiger partial charge in [0.25, 0.3) is 0 Å². The van der Waals surface area contributed by atoms with Crippen molar-refractivity contribution in [2.24, 2.45) is 0 Å². The smallest absolute Gasteiger partial charge is 0.106 e. The maximum atomic E-state index is 4.23. The maximum absolute atomic E-state index is 4.23. The Bertz CT molecular complexity index is 279. The maximum Gasteiger partial charge on any atom is 0.106 e. The van der Waals surface area contributed by atoms with Gasteiger partial charge in [0.1, 0.15) is 4.60 Å². The molecule has 0 bridgehead atoms. The van der Waals surface area contributed by atoms with Gasteiger partial charge >= 0.3 is 0 Å². The van der Waals surface area contributed by atoms with E-state index in [2.05, 4.69) is 38.8 Å². The van der Waals surface area contributed by atoms with E-state index >= 15 is 0 Å². The van der Waals surface area contributed by atoms with Crippen molar-refractivity contribution in [3.05, 3.63) is 28.5 Å². The van der Waals surface area contributed by atoms with Crippen molar-refractivity contribution >= 4 is 15.9 Å². The SMILES string of the molecule is CC(c1ccc(Br)nc1)N1CCC1. The van der Waals surface area contributed by atoms with Crippen molar-refractivity contribution in [3.8, 4) is 0 Å². The summed E-state index contributed by atoms with van der Waals surface area (Å²) in [6, 6.07) is 4.67. The van der Waals surface area contributed by atoms with Crippen molar-refractivity contribution in [1.82, 2.24) is 9.88 Å². The molecule has 1 aromatic rings. The third-order valence-electron chi connectivity index (χ3n) is 2.67. The van der Waals surface area contributed by atoms with Crippen LogP contribution in [0.3, 0.4) is 0 Å². The molecule has 1 saturated heterocycles. The Labute approximate surface area is 87.1 Å². The Hall–Kier alpha value is -0.410. The summed E-state index contributed by atoms with van der Waals surface area (Å²) >= 11 is 3.34. The number of likely N-dealkylation sites (tertiary alicyclic amines) is 1. The van der Waals surface area contributed by atoms with Crippen LogP contribution in [-0.2, 0) is 0 Å². The second kappa shape index (κ2) is 3.76. The van der Waals surface area contributed by atoms with Crippen LogP contribution in [-0.4, -0.2) is 23.0 Å². The van der Waals surface area contributed by atoms with Crippen LogP contribution in [0.2, 0.25) is 0 Å². The van der Waals surface area contributed by atoms with Crippen molar-refractivity contribution in [2.75, 3.05) is 13.1 Å². The lowest BCUT2D eigenvalue weighted by Gasteiger charge is -2.36. The number of hydrogen-bond donors (Lipinski definition) is 0. The molecule has 13 heavy (non-hydrogen) atoms. The average Bonchev–Trinajstić information content (AvgIpc) is 2.02. The zero-order valence-corrected chi connectivity index (χ0v) is 9.29. The Morgan fingerprint density at radius 2 is 2.23 bits per heavy atom. The van der Waals surface area contributed by atoms with Crippen LogP contribution in [0.4, 0.5) is 0 Å². The van der Waals surface area contributed by atoms with Crippen LogP contribution in [0, 0.1) is 0 Å². The zero-order chi connectivity index (χ0) is 9.26. The molecule has 70 valence electrons. The van der Waals surface area contributed by atoms with Crippen LogP contribution in [0.1, 0.15) is 24.9 Å². The molecule has 0 spiro atoms. The number of aromatic nitrogens is 1. The molecule has 0 amide bonds. The summed E-state index contributed by atoms with van der Waals surface area (Å²) < 4.78 is 0.909. The first-order valence-electron chi connectivity index (χ1n) is 4.63. The highest BCUT2D eigenvalue weighted by atomic mass is 79.9. The van der Waals surface area contributed by atoms with Gasteiger partial charge < -0.3 is 0 Å². The highest BCUT2D eigenvalue weighted by molar-refractivity contribution is 9.10. The minimum atomic E-state index is 0.523. The van der Waals surface area contributed by atoms with Crippen LogP contribution < -0.4 is 0 Å². The molecule has 2 nitrogen and oxygen atoms in total. The second-order valence-corrected chi connectivity index (χ2v) is 4.29. The van der Waals surface area contributed by atoms with E-state index in [1.807, 2.05) is 12.3 Å². The number of nitrogens with zero attached hydrogens (tertiary/aromatic N) is 2. The molecular weight excluding hydrogens is 228 g/mol. The largest absolute Gasteiger partial charge is 0.296 e. The Kier molecular flexibility index (Phi) is 2.65. The Balaban J connectivity index is 2.10. The normalized spacial score (nSPS) is 19.5. The summed E-state index contributed by atoms with van der Waals surface area (Å²) in [5.74, 6) is 0. The molecule has 1 atom stereocenters. The highest BCUT2D eigenvalue weighted by Crippen LogP contribution is 2.24. The lowest BCUT2D eigenvalue weighted by Crippen LogP contribution is -2.38. The third kappa shape index (κ3) is 1.92. The van der Waals surface area contributed by atoms with Gasteiger partial charge in [0.05, 0.1) is 0 Å². The lowest BCUT2D eigenvalue weighted by atomic mass is 10.1. The van der Waals surface area contributed by atoms with Crippen molar-refractivity contribution in [2.45, 2.75) is 19.4 Å². The topological polar surface area (TPSA) is 16.1 Å². The fourth-order valence-electron chi connectivity index (χ4n) is 1.57. The van der Waals surface area contributed by atoms with E-state index in [9.17, 15) is 0 Å². The summed E-state index contributed by atoms with van der Waals surface area (Å²) in [7, 11) is 0. The van der Waals surface area contributed by atoms with Gasteiger partial charge in [-0.05, 0) is 54.0 Å². The van der Waals surface area contributed by atoms with E-state index in [4.69, 9.17) is 0 Å². The predicted molar refractivity (Wildman–Crippen MR) is 56.5 cm³/mol. The monoisotopic (exact) mass is 240 g/mol. The molecule has 1 fully saturated rings. The van der Waals surface area contributed by atoms with Crippen LogP contribution in [0.25, 0.3) is 0 Å². The molecule has 0 saturated carbocycles. The molecule has 2 rings (SSSR count). The molecule has 0 radical (unpaired) electrons. The fraction of sp³-hybridized carbons (Fsp3) is 0.500. The fourth-order valence-corrected chi connectivity index (χ4v) is 1.81. The minimum absolute atomic E-state index is 0.523. The number of hydrogen-bond acceptors (Lipinski definition) is 2. The third-order valence-corrected chi connectivity index (χ3v) is 3.14. The minimum Gasteiger partial charge on any atom is -0.296 e. The van der Waals surface area contributed by atoms with Crippen LogP contribution >= 0.6 is 15.9 Å². The summed E-state index contributed by atoms with van der Waals surface area (Å²) in [4.78, 5) is 6.69. The van der Waals surface area contributed by atoms with Gasteiger partial charge in [-0.25, -0.2) is 4.98 Å². The molecule has 3 heteroatoms. The molecule has 1 aromatic heterocycles. The van der Waals surface area contributed by atoms with E-state index < -0.39 is 0 Å². The van der Waals surface area contributed by atoms with E-state index in [1.54, 1.807) is 0 Å². The van der Waals surface area contributed by atoms with E-state index in [0.717, 1.165) is 4.60 Å². The zero-order valence-electron chi connectivity index (χ0n) is 7.70. The molecular formula is C10H13BrN2. The second-order valence-electron chi connectivity index (χ2n) is 3.48. The predicted octanol–water partition coefficient (Wildman–Crippen LogP) is 2.61. The molecule has 0 N–H and O–H groups in total. The first-order valence-corrected chi connectivity index (χ1v) is 5.42. The molecule has 0 aromatic carbocycles. The van der Waals surface area contributed by atoms with Gasteiger partial charge in [-0.3, -0.25) is 4.90 Å². The van der Waals surface area contributed by atoms with E-state index in [-0.39, 0.29) is 0 Å². The van der Waals surface area contributed by atoms with E-state index in [0.29, 0.717) is 6.04 Å². The van der Waals surface area contributed by atoms with Gasteiger partial charge in [-0.15, -0.1) is 0 Å². The number of rotatable bonds is 2. The molecule has 2 heterocycles. The van der Waals surface area contributed by atoms with Gasteiger partial charge in [-0.2, -0.15) is 0 Å². The van der Waals surface area contributed by atoms with Crippen LogP contribution in [0.15, 0.2) is 22.9 Å². The summed E-state index contributed by atoms with van der Waals surface area (Å²) in [5, 5.41) is 0. The first-order chi connectivity index (χ1) is 6.27. The number of halogens is 1. The average molecular weight is 241 g/mol. The molecule has 0 aliphatic carbocycles. The number of pyridine rings is 1. The Morgan fingerprint density at radius 3 is 2.69 bits per heavy atom. The van der Waals surface area contributed by atoms with Crippen molar-refractivity contribution in [3.63, 3.8) is 0 Å². The van der Waals surface area contributed by atoms with Gasteiger partial charge in [0, 0.05) is 12.2 Å². The molecule has 1 aliphatic rings. The summed E-state index contributed by atoms with van der Waals surface area (Å²) in [5.41, 5.74) is 1.31. The molecule has 1 unspecified atom stereocenters. The summed E-state index contributed by atoms with van der Waals surface area (Å²) in [6.07, 6.45) is 3.29. The highest BCUT2D eigenvalue weighted by Gasteiger charge is 2.21. The Morgan fingerprint density at radius 1 is 1.46 bits per heavy atom. The van der Waals surface area contributed by atoms with Crippen LogP contribution in [0.5, 0.6) is 0 Å². The quantitative estimate of drug-likeness (QED) is 0.740. The lowest BCUT2D eigenvalue weighted by molar-refractivity contribution is 0.128. The standard InChI is InChI=1S/C10H13BrN2/c1-8(13-5-2-6-13)9-3-4-10(11)12-7-9/h3-4,7-8H,2,5-6H2,1H3.